The number of benzene rings is 1. The summed E-state index contributed by atoms with van der Waals surface area (Å²) in [5.74, 6) is 0. The molecule has 1 unspecified atom stereocenters. The molecule has 3 rings (SSSR count). The van der Waals surface area contributed by atoms with Crippen LogP contribution in [0.3, 0.4) is 0 Å². The van der Waals surface area contributed by atoms with Gasteiger partial charge in [0.2, 0.25) is 0 Å². The molecule has 0 saturated carbocycles. The average molecular weight is 289 g/mol. The number of aliphatic hydroxyl groups is 1. The first kappa shape index (κ1) is 12.8. The molecular formula is C15H15NOS2. The zero-order valence-corrected chi connectivity index (χ0v) is 12.3. The van der Waals surface area contributed by atoms with Crippen LogP contribution in [0.25, 0.3) is 10.1 Å². The van der Waals surface area contributed by atoms with Crippen molar-refractivity contribution in [2.75, 3.05) is 0 Å². The maximum atomic E-state index is 10.2. The number of hydrogen-bond donors (Lipinski definition) is 1. The Labute approximate surface area is 120 Å². The van der Waals surface area contributed by atoms with Gasteiger partial charge >= 0.3 is 0 Å². The Bertz CT molecular complexity index is 686. The van der Waals surface area contributed by atoms with E-state index in [-0.39, 0.29) is 6.10 Å². The summed E-state index contributed by atoms with van der Waals surface area (Å²) in [5.41, 5.74) is 2.23. The summed E-state index contributed by atoms with van der Waals surface area (Å²) < 4.78 is 1.29. The molecular weight excluding hydrogens is 274 g/mol. The molecule has 0 aliphatic carbocycles. The van der Waals surface area contributed by atoms with Crippen LogP contribution in [0, 0.1) is 6.92 Å². The highest BCUT2D eigenvalue weighted by molar-refractivity contribution is 7.17. The van der Waals surface area contributed by atoms with Crippen LogP contribution in [0.5, 0.6) is 0 Å². The lowest BCUT2D eigenvalue weighted by molar-refractivity contribution is 0.175. The van der Waals surface area contributed by atoms with Crippen LogP contribution in [0.2, 0.25) is 0 Å². The van der Waals surface area contributed by atoms with Gasteiger partial charge in [-0.3, -0.25) is 0 Å². The van der Waals surface area contributed by atoms with Gasteiger partial charge in [0.15, 0.2) is 0 Å². The molecule has 2 heterocycles. The normalized spacial score (nSPS) is 12.9. The largest absolute Gasteiger partial charge is 0.392 e. The Morgan fingerprint density at radius 1 is 1.16 bits per heavy atom. The smallest absolute Gasteiger partial charge is 0.0897 e. The topological polar surface area (TPSA) is 33.1 Å². The first-order valence-corrected chi connectivity index (χ1v) is 8.02. The van der Waals surface area contributed by atoms with Crippen molar-refractivity contribution in [2.45, 2.75) is 25.9 Å². The summed E-state index contributed by atoms with van der Waals surface area (Å²) in [5, 5.41) is 16.7. The first-order valence-electron chi connectivity index (χ1n) is 6.26. The fourth-order valence-electron chi connectivity index (χ4n) is 2.26. The minimum atomic E-state index is -0.362. The van der Waals surface area contributed by atoms with Crippen molar-refractivity contribution in [3.05, 3.63) is 51.3 Å². The highest BCUT2D eigenvalue weighted by Gasteiger charge is 2.12. The molecule has 0 amide bonds. The van der Waals surface area contributed by atoms with Gasteiger partial charge in [-0.2, -0.15) is 0 Å². The molecule has 0 spiro atoms. The highest BCUT2D eigenvalue weighted by Crippen LogP contribution is 2.27. The number of rotatable bonds is 4. The van der Waals surface area contributed by atoms with Gasteiger partial charge in [0.05, 0.1) is 16.8 Å². The highest BCUT2D eigenvalue weighted by atomic mass is 32.1. The molecule has 2 nitrogen and oxygen atoms in total. The third-order valence-electron chi connectivity index (χ3n) is 3.13. The molecule has 4 heteroatoms. The van der Waals surface area contributed by atoms with Crippen molar-refractivity contribution < 1.29 is 5.11 Å². The summed E-state index contributed by atoms with van der Waals surface area (Å²) in [7, 11) is 0. The van der Waals surface area contributed by atoms with E-state index in [1.165, 1.54) is 15.6 Å². The Morgan fingerprint density at radius 3 is 2.79 bits per heavy atom. The second kappa shape index (κ2) is 5.41. The lowest BCUT2D eigenvalue weighted by atomic mass is 10.0. The number of fused-ring (bicyclic) bond motifs is 1. The molecule has 1 aromatic carbocycles. The van der Waals surface area contributed by atoms with Crippen molar-refractivity contribution in [1.82, 2.24) is 4.98 Å². The Morgan fingerprint density at radius 2 is 2.00 bits per heavy atom. The number of nitrogens with zero attached hydrogens (tertiary/aromatic N) is 1. The molecule has 2 aromatic heterocycles. The molecule has 0 fully saturated rings. The van der Waals surface area contributed by atoms with Gasteiger partial charge < -0.3 is 5.11 Å². The van der Waals surface area contributed by atoms with E-state index in [9.17, 15) is 5.11 Å². The number of aryl methyl sites for hydroxylation is 1. The zero-order valence-electron chi connectivity index (χ0n) is 10.7. The number of aliphatic hydroxyl groups excluding tert-OH is 1. The number of thiazole rings is 1. The van der Waals surface area contributed by atoms with E-state index in [0.717, 1.165) is 10.7 Å². The number of aromatic nitrogens is 1. The van der Waals surface area contributed by atoms with Gasteiger partial charge in [0.25, 0.3) is 0 Å². The minimum Gasteiger partial charge on any atom is -0.392 e. The van der Waals surface area contributed by atoms with E-state index in [0.29, 0.717) is 12.8 Å². The third kappa shape index (κ3) is 2.86. The van der Waals surface area contributed by atoms with Crippen LogP contribution in [-0.2, 0) is 12.8 Å². The molecule has 0 bridgehead atoms. The Hall–Kier alpha value is -1.23. The van der Waals surface area contributed by atoms with Gasteiger partial charge in [-0.15, -0.1) is 22.7 Å². The predicted octanol–water partition coefficient (Wildman–Crippen LogP) is 3.81. The Kier molecular flexibility index (Phi) is 3.64. The van der Waals surface area contributed by atoms with E-state index >= 15 is 0 Å². The fraction of sp³-hybridized carbons (Fsp3) is 0.267. The molecule has 19 heavy (non-hydrogen) atoms. The molecule has 0 aliphatic heterocycles. The van der Waals surface area contributed by atoms with E-state index in [1.54, 1.807) is 22.7 Å². The summed E-state index contributed by atoms with van der Waals surface area (Å²) >= 11 is 3.38. The van der Waals surface area contributed by atoms with Crippen LogP contribution in [-0.4, -0.2) is 16.2 Å². The summed E-state index contributed by atoms with van der Waals surface area (Å²) in [6, 6.07) is 8.35. The van der Waals surface area contributed by atoms with Gasteiger partial charge in [-0.25, -0.2) is 4.98 Å². The first-order chi connectivity index (χ1) is 9.22. The maximum Gasteiger partial charge on any atom is 0.0897 e. The lowest BCUT2D eigenvalue weighted by Gasteiger charge is -2.08. The lowest BCUT2D eigenvalue weighted by Crippen LogP contribution is -2.13. The molecule has 3 aromatic rings. The maximum absolute atomic E-state index is 10.2. The molecule has 98 valence electrons. The SMILES string of the molecule is Cc1nc(CC(O)Cc2csc3ccccc23)cs1. The van der Waals surface area contributed by atoms with Crippen molar-refractivity contribution in [2.24, 2.45) is 0 Å². The predicted molar refractivity (Wildman–Crippen MR) is 82.1 cm³/mol. The summed E-state index contributed by atoms with van der Waals surface area (Å²) in [6.07, 6.45) is 0.967. The van der Waals surface area contributed by atoms with Crippen molar-refractivity contribution in [3.8, 4) is 0 Å². The molecule has 1 N–H and O–H groups in total. The second-order valence-electron chi connectivity index (χ2n) is 4.68. The van der Waals surface area contributed by atoms with Crippen LogP contribution in [0.15, 0.2) is 35.0 Å². The van der Waals surface area contributed by atoms with Crippen LogP contribution in [0.4, 0.5) is 0 Å². The average Bonchev–Trinajstić information content (AvgIpc) is 2.97. The third-order valence-corrected chi connectivity index (χ3v) is 4.96. The van der Waals surface area contributed by atoms with Crippen LogP contribution >= 0.6 is 22.7 Å². The van der Waals surface area contributed by atoms with E-state index < -0.39 is 0 Å². The molecule has 0 aliphatic rings. The fourth-order valence-corrected chi connectivity index (χ4v) is 3.86. The summed E-state index contributed by atoms with van der Waals surface area (Å²) in [4.78, 5) is 4.40. The van der Waals surface area contributed by atoms with Crippen molar-refractivity contribution in [3.63, 3.8) is 0 Å². The Balaban J connectivity index is 1.74. The van der Waals surface area contributed by atoms with Gasteiger partial charge in [0.1, 0.15) is 0 Å². The second-order valence-corrected chi connectivity index (χ2v) is 6.65. The molecule has 0 saturated heterocycles. The van der Waals surface area contributed by atoms with Crippen molar-refractivity contribution >= 4 is 32.8 Å². The van der Waals surface area contributed by atoms with Crippen LogP contribution in [0.1, 0.15) is 16.3 Å². The van der Waals surface area contributed by atoms with Crippen molar-refractivity contribution in [1.29, 1.82) is 0 Å². The van der Waals surface area contributed by atoms with Gasteiger partial charge in [-0.1, -0.05) is 18.2 Å². The summed E-state index contributed by atoms with van der Waals surface area (Å²) in [6.45, 7) is 1.99. The number of thiophene rings is 1. The zero-order chi connectivity index (χ0) is 13.2. The van der Waals surface area contributed by atoms with E-state index in [2.05, 4.69) is 34.6 Å². The van der Waals surface area contributed by atoms with Gasteiger partial charge in [0, 0.05) is 22.9 Å². The number of hydrogen-bond acceptors (Lipinski definition) is 4. The monoisotopic (exact) mass is 289 g/mol. The van der Waals surface area contributed by atoms with Crippen LogP contribution < -0.4 is 0 Å². The van der Waals surface area contributed by atoms with Gasteiger partial charge in [-0.05, 0) is 29.3 Å². The van der Waals surface area contributed by atoms with E-state index in [1.807, 2.05) is 12.3 Å². The molecule has 0 radical (unpaired) electrons. The minimum absolute atomic E-state index is 0.362. The quantitative estimate of drug-likeness (QED) is 0.792. The molecule has 1 atom stereocenters. The van der Waals surface area contributed by atoms with E-state index in [4.69, 9.17) is 0 Å². The standard InChI is InChI=1S/C15H15NOS2/c1-10-16-12(9-18-10)7-13(17)6-11-8-19-15-5-3-2-4-14(11)15/h2-5,8-9,13,17H,6-7H2,1H3.